The highest BCUT2D eigenvalue weighted by atomic mass is 16.6. The zero-order valence-electron chi connectivity index (χ0n) is 42.4. The average molecular weight is 1010 g/mol. The van der Waals surface area contributed by atoms with Crippen molar-refractivity contribution >= 4 is 59.0 Å². The lowest BCUT2D eigenvalue weighted by molar-refractivity contribution is -0.128. The Labute approximate surface area is 425 Å². The van der Waals surface area contributed by atoms with Gasteiger partial charge in [0.05, 0.1) is 68.1 Å². The first kappa shape index (κ1) is 53.7. The Bertz CT molecular complexity index is 2550. The zero-order chi connectivity index (χ0) is 52.6. The second-order valence-electron chi connectivity index (χ2n) is 19.9. The number of fused-ring (bicyclic) bond motifs is 4. The second-order valence-corrected chi connectivity index (χ2v) is 19.9. The lowest BCUT2D eigenvalue weighted by Gasteiger charge is -2.31. The number of nitrogens with zero attached hydrogens (tertiary/aromatic N) is 4. The third-order valence-electron chi connectivity index (χ3n) is 13.6. The van der Waals surface area contributed by atoms with Gasteiger partial charge in [-0.3, -0.25) is 24.2 Å². The number of hydrogen-bond acceptors (Lipinski definition) is 14. The molecule has 394 valence electrons. The van der Waals surface area contributed by atoms with Gasteiger partial charge >= 0.3 is 12.1 Å². The number of rotatable bonds is 21. The minimum atomic E-state index is -1.44. The second kappa shape index (κ2) is 23.6. The molecule has 3 aromatic carbocycles. The van der Waals surface area contributed by atoms with Gasteiger partial charge in [0.2, 0.25) is 11.8 Å². The number of carbonyl (C=O) groups is 6. The summed E-state index contributed by atoms with van der Waals surface area (Å²) in [5.41, 5.74) is 13.4. The van der Waals surface area contributed by atoms with Crippen LogP contribution in [-0.4, -0.2) is 134 Å². The summed E-state index contributed by atoms with van der Waals surface area (Å²) in [6.45, 7) is 9.53. The molecule has 4 heterocycles. The third-order valence-corrected chi connectivity index (χ3v) is 13.6. The fraction of sp³-hybridized carbons (Fsp3) is 0.519. The van der Waals surface area contributed by atoms with Crippen LogP contribution >= 0.6 is 0 Å². The molecule has 4 aliphatic rings. The molecule has 8 N–H and O–H groups in total. The van der Waals surface area contributed by atoms with Gasteiger partial charge in [-0.05, 0) is 92.5 Å². The molecule has 21 heteroatoms. The first-order valence-electron chi connectivity index (χ1n) is 24.9. The monoisotopic (exact) mass is 1010 g/mol. The van der Waals surface area contributed by atoms with Crippen LogP contribution in [0.4, 0.5) is 26.7 Å². The van der Waals surface area contributed by atoms with Crippen molar-refractivity contribution < 1.29 is 57.6 Å². The first-order valence-corrected chi connectivity index (χ1v) is 24.9. The number of ether oxygens (including phenoxy) is 5. The Balaban J connectivity index is 0.964. The number of amides is 7. The molecular formula is C52H69N9O12. The topological polar surface area (TPSA) is 279 Å². The summed E-state index contributed by atoms with van der Waals surface area (Å²) < 4.78 is 29.4. The number of primary amides is 1. The summed E-state index contributed by atoms with van der Waals surface area (Å²) in [4.78, 5) is 88.2. The van der Waals surface area contributed by atoms with Crippen molar-refractivity contribution in [3.05, 3.63) is 65.2 Å². The quantitative estimate of drug-likeness (QED) is 0.0748. The Kier molecular flexibility index (Phi) is 17.4. The minimum Gasteiger partial charge on any atom is -0.493 e. The van der Waals surface area contributed by atoms with Gasteiger partial charge in [-0.25, -0.2) is 14.5 Å². The van der Waals surface area contributed by atoms with Crippen LogP contribution in [0.5, 0.6) is 23.0 Å². The smallest absolute Gasteiger partial charge is 0.416 e. The van der Waals surface area contributed by atoms with E-state index in [2.05, 4.69) is 34.8 Å². The molecule has 3 aromatic rings. The molecule has 5 atom stereocenters. The van der Waals surface area contributed by atoms with Gasteiger partial charge in [0.1, 0.15) is 12.6 Å². The molecule has 0 aromatic heterocycles. The standard InChI is InChI=1S/C52H69N9O12/c1-30(2)44(53)46(63)58-36(12-10-18-55-50(54)67)45(62)57-32-16-14-31(15-17-32)28-73-51(68)61-39-25-43(41(70-6)23-35(39)48(65)59-19-11-13-38(59)49(61)66)72-21-9-7-8-20-71-42-24-37-34(22-40(42)69-5)47(64)60-29-52(3,4)26-33(60)27-56-37/h14-17,22-25,27,30,33,36,38,44,49,66H,7-13,18-21,26,28-29,53H2,1-6H3,(H,57,62)(H,58,63)(H3,54,55,67)/t33-,36-,38-,44-,49-/m0/s1. The van der Waals surface area contributed by atoms with E-state index in [1.54, 1.807) is 55.1 Å². The molecule has 7 amide bonds. The molecule has 0 bridgehead atoms. The molecule has 73 heavy (non-hydrogen) atoms. The Morgan fingerprint density at radius 2 is 1.52 bits per heavy atom. The number of nitrogens with two attached hydrogens (primary N) is 2. The predicted molar refractivity (Wildman–Crippen MR) is 272 cm³/mol. The number of methoxy groups -OCH3 is 2. The van der Waals surface area contributed by atoms with Crippen LogP contribution < -0.4 is 51.3 Å². The first-order chi connectivity index (χ1) is 34.9. The largest absolute Gasteiger partial charge is 0.493 e. The lowest BCUT2D eigenvalue weighted by Crippen LogP contribution is -2.51. The van der Waals surface area contributed by atoms with Crippen LogP contribution in [0.25, 0.3) is 0 Å². The summed E-state index contributed by atoms with van der Waals surface area (Å²) in [5.74, 6) is -0.127. The highest BCUT2D eigenvalue weighted by Crippen LogP contribution is 2.43. The van der Waals surface area contributed by atoms with E-state index in [0.29, 0.717) is 92.2 Å². The highest BCUT2D eigenvalue weighted by molar-refractivity contribution is 6.06. The molecule has 0 saturated carbocycles. The van der Waals surface area contributed by atoms with E-state index in [9.17, 15) is 33.9 Å². The van der Waals surface area contributed by atoms with Crippen molar-refractivity contribution in [1.29, 1.82) is 0 Å². The number of aliphatic hydroxyl groups is 1. The lowest BCUT2D eigenvalue weighted by atomic mass is 9.91. The van der Waals surface area contributed by atoms with Gasteiger partial charge < -0.3 is 66.0 Å². The number of urea groups is 1. The van der Waals surface area contributed by atoms with Crippen LogP contribution in [0, 0.1) is 11.3 Å². The van der Waals surface area contributed by atoms with Crippen molar-refractivity contribution in [2.75, 3.05) is 57.3 Å². The maximum absolute atomic E-state index is 14.1. The van der Waals surface area contributed by atoms with Crippen LogP contribution in [0.3, 0.4) is 0 Å². The molecule has 21 nitrogen and oxygen atoms in total. The predicted octanol–water partition coefficient (Wildman–Crippen LogP) is 5.22. The number of anilines is 2. The summed E-state index contributed by atoms with van der Waals surface area (Å²) in [6.07, 6.45) is 3.98. The van der Waals surface area contributed by atoms with Gasteiger partial charge in [0, 0.05) is 43.7 Å². The van der Waals surface area contributed by atoms with Crippen molar-refractivity contribution in [3.63, 3.8) is 0 Å². The number of nitrogens with one attached hydrogen (secondary N) is 3. The van der Waals surface area contributed by atoms with Crippen molar-refractivity contribution in [3.8, 4) is 23.0 Å². The fourth-order valence-electron chi connectivity index (χ4n) is 9.55. The highest BCUT2D eigenvalue weighted by Gasteiger charge is 2.46. The Morgan fingerprint density at radius 1 is 0.863 bits per heavy atom. The third kappa shape index (κ3) is 12.7. The van der Waals surface area contributed by atoms with Crippen molar-refractivity contribution in [1.82, 2.24) is 20.4 Å². The van der Waals surface area contributed by atoms with E-state index in [4.69, 9.17) is 35.2 Å². The van der Waals surface area contributed by atoms with E-state index in [1.807, 2.05) is 11.1 Å². The normalized spacial score (nSPS) is 19.4. The maximum Gasteiger partial charge on any atom is 0.416 e. The minimum absolute atomic E-state index is 0.00794. The number of hydrogen-bond donors (Lipinski definition) is 6. The van der Waals surface area contributed by atoms with E-state index in [-0.39, 0.29) is 78.1 Å². The summed E-state index contributed by atoms with van der Waals surface area (Å²) in [6, 6.07) is 9.74. The molecule has 7 rings (SSSR count). The van der Waals surface area contributed by atoms with Crippen LogP contribution in [0.1, 0.15) is 105 Å². The summed E-state index contributed by atoms with van der Waals surface area (Å²) in [5, 5.41) is 19.8. The van der Waals surface area contributed by atoms with Gasteiger partial charge in [0.15, 0.2) is 29.2 Å². The van der Waals surface area contributed by atoms with Crippen LogP contribution in [0.2, 0.25) is 0 Å². The molecule has 0 spiro atoms. The number of aliphatic imine (C=N–C) groups is 1. The Morgan fingerprint density at radius 3 is 2.18 bits per heavy atom. The molecule has 0 radical (unpaired) electrons. The molecule has 2 fully saturated rings. The SMILES string of the molecule is COc1cc2c(cc1OCCCCCOc1cc3c(cc1OC)C(=O)N1CCC[C@H]1[C@H](O)N3C(=O)OCc1ccc(NC(=O)[C@H](CCCNC(N)=O)NC(=O)[C@@H](N)C(C)C)cc1)N=C[C@@H]1CC(C)(C)CN1C2=O. The van der Waals surface area contributed by atoms with Gasteiger partial charge in [-0.15, -0.1) is 0 Å². The molecule has 0 aliphatic carbocycles. The molecule has 0 unspecified atom stereocenters. The van der Waals surface area contributed by atoms with Crippen molar-refractivity contribution in [2.45, 2.75) is 116 Å². The van der Waals surface area contributed by atoms with Gasteiger partial charge in [-0.2, -0.15) is 0 Å². The Hall–Kier alpha value is -7.13. The molecular weight excluding hydrogens is 943 g/mol. The molecule has 2 saturated heterocycles. The number of carbonyl (C=O) groups excluding carboxylic acids is 6. The summed E-state index contributed by atoms with van der Waals surface area (Å²) in [7, 11) is 2.99. The van der Waals surface area contributed by atoms with Crippen LogP contribution in [0.15, 0.2) is 53.5 Å². The fourth-order valence-corrected chi connectivity index (χ4v) is 9.55. The average Bonchev–Trinajstić information content (AvgIpc) is 3.94. The number of unbranched alkanes of at least 4 members (excludes halogenated alkanes) is 2. The van der Waals surface area contributed by atoms with E-state index in [0.717, 1.165) is 11.3 Å². The number of benzene rings is 3. The van der Waals surface area contributed by atoms with Crippen molar-refractivity contribution in [2.24, 2.45) is 27.8 Å². The maximum atomic E-state index is 14.1. The van der Waals surface area contributed by atoms with E-state index in [1.165, 1.54) is 26.4 Å². The van der Waals surface area contributed by atoms with Crippen LogP contribution in [-0.2, 0) is 20.9 Å². The van der Waals surface area contributed by atoms with Gasteiger partial charge in [0.25, 0.3) is 11.8 Å². The van der Waals surface area contributed by atoms with E-state index < -0.39 is 48.3 Å². The summed E-state index contributed by atoms with van der Waals surface area (Å²) >= 11 is 0. The number of aliphatic hydroxyl groups excluding tert-OH is 1. The zero-order valence-corrected chi connectivity index (χ0v) is 42.4. The molecule has 4 aliphatic heterocycles. The van der Waals surface area contributed by atoms with Gasteiger partial charge in [-0.1, -0.05) is 39.8 Å². The van der Waals surface area contributed by atoms with E-state index >= 15 is 0 Å².